The van der Waals surface area contributed by atoms with E-state index in [1.165, 1.54) is 12.8 Å². The molecule has 30 heavy (non-hydrogen) atoms. The van der Waals surface area contributed by atoms with Crippen LogP contribution in [0.5, 0.6) is 11.5 Å². The third-order valence-electron chi connectivity index (χ3n) is 5.57. The molecule has 2 aromatic rings. The van der Waals surface area contributed by atoms with Crippen molar-refractivity contribution in [2.75, 3.05) is 26.9 Å². The Hall–Kier alpha value is -2.74. The standard InChI is InChI=1S/C22H29N3O5/c1-27-20-7-6-16(14-21(20)30-18-9-12-28-15-18)19-8-10-23-25(19)11-13-29-22(26)24-17-4-2-3-5-17/h6-8,10,14,17-18H,2-5,9,11-13,15H2,1H3,(H,24,26). The summed E-state index contributed by atoms with van der Waals surface area (Å²) < 4.78 is 24.1. The Morgan fingerprint density at radius 2 is 2.10 bits per heavy atom. The number of carbonyl (C=O) groups is 1. The highest BCUT2D eigenvalue weighted by molar-refractivity contribution is 5.67. The van der Waals surface area contributed by atoms with Gasteiger partial charge in [-0.3, -0.25) is 4.68 Å². The first kappa shape index (κ1) is 20.5. The van der Waals surface area contributed by atoms with Crippen LogP contribution < -0.4 is 14.8 Å². The highest BCUT2D eigenvalue weighted by Gasteiger charge is 2.20. The van der Waals surface area contributed by atoms with Crippen molar-refractivity contribution in [1.82, 2.24) is 15.1 Å². The van der Waals surface area contributed by atoms with Crippen molar-refractivity contribution in [3.63, 3.8) is 0 Å². The van der Waals surface area contributed by atoms with Gasteiger partial charge in [0.2, 0.25) is 0 Å². The van der Waals surface area contributed by atoms with Crippen LogP contribution in [-0.4, -0.2) is 54.9 Å². The van der Waals surface area contributed by atoms with E-state index in [1.807, 2.05) is 28.9 Å². The quantitative estimate of drug-likeness (QED) is 0.712. The number of nitrogens with zero attached hydrogens (tertiary/aromatic N) is 2. The minimum Gasteiger partial charge on any atom is -0.493 e. The number of hydrogen-bond acceptors (Lipinski definition) is 6. The molecule has 1 N–H and O–H groups in total. The molecule has 1 aromatic carbocycles. The number of ether oxygens (including phenoxy) is 4. The first-order valence-electron chi connectivity index (χ1n) is 10.6. The van der Waals surface area contributed by atoms with Gasteiger partial charge in [-0.25, -0.2) is 4.79 Å². The molecule has 8 heteroatoms. The summed E-state index contributed by atoms with van der Waals surface area (Å²) in [6, 6.07) is 8.00. The number of aromatic nitrogens is 2. The van der Waals surface area contributed by atoms with Crippen molar-refractivity contribution in [3.05, 3.63) is 30.5 Å². The van der Waals surface area contributed by atoms with E-state index in [4.69, 9.17) is 18.9 Å². The monoisotopic (exact) mass is 415 g/mol. The predicted octanol–water partition coefficient (Wildman–Crippen LogP) is 3.40. The van der Waals surface area contributed by atoms with Crippen molar-refractivity contribution in [1.29, 1.82) is 0 Å². The lowest BCUT2D eigenvalue weighted by atomic mass is 10.1. The molecule has 1 atom stereocenters. The molecule has 1 aromatic heterocycles. The second kappa shape index (κ2) is 9.84. The zero-order valence-corrected chi connectivity index (χ0v) is 17.3. The fraction of sp³-hybridized carbons (Fsp3) is 0.545. The molecule has 1 unspecified atom stereocenters. The van der Waals surface area contributed by atoms with E-state index in [1.54, 1.807) is 13.3 Å². The second-order valence-electron chi connectivity index (χ2n) is 7.67. The van der Waals surface area contributed by atoms with E-state index >= 15 is 0 Å². The smallest absolute Gasteiger partial charge is 0.407 e. The van der Waals surface area contributed by atoms with E-state index in [2.05, 4.69) is 10.4 Å². The molecular formula is C22H29N3O5. The van der Waals surface area contributed by atoms with Gasteiger partial charge in [0, 0.05) is 24.2 Å². The molecule has 2 heterocycles. The van der Waals surface area contributed by atoms with E-state index in [0.717, 1.165) is 30.5 Å². The molecule has 0 spiro atoms. The number of alkyl carbamates (subject to hydrolysis) is 1. The maximum Gasteiger partial charge on any atom is 0.407 e. The van der Waals surface area contributed by atoms with Gasteiger partial charge in [-0.2, -0.15) is 5.10 Å². The maximum absolute atomic E-state index is 12.0. The van der Waals surface area contributed by atoms with Crippen molar-refractivity contribution in [2.24, 2.45) is 0 Å². The molecule has 4 rings (SSSR count). The Kier molecular flexibility index (Phi) is 6.74. The van der Waals surface area contributed by atoms with Crippen LogP contribution in [0.4, 0.5) is 4.79 Å². The average molecular weight is 415 g/mol. The Bertz CT molecular complexity index is 841. The van der Waals surface area contributed by atoms with Crippen LogP contribution in [0.2, 0.25) is 0 Å². The number of methoxy groups -OCH3 is 1. The summed E-state index contributed by atoms with van der Waals surface area (Å²) >= 11 is 0. The van der Waals surface area contributed by atoms with E-state index in [-0.39, 0.29) is 24.8 Å². The summed E-state index contributed by atoms with van der Waals surface area (Å²) in [5, 5.41) is 7.31. The van der Waals surface area contributed by atoms with Crippen LogP contribution in [0, 0.1) is 0 Å². The number of benzene rings is 1. The number of rotatable bonds is 8. The Morgan fingerprint density at radius 1 is 1.23 bits per heavy atom. The van der Waals surface area contributed by atoms with E-state index in [0.29, 0.717) is 31.3 Å². The zero-order chi connectivity index (χ0) is 20.8. The van der Waals surface area contributed by atoms with Crippen molar-refractivity contribution >= 4 is 6.09 Å². The lowest BCUT2D eigenvalue weighted by Gasteiger charge is -2.16. The highest BCUT2D eigenvalue weighted by Crippen LogP contribution is 2.34. The fourth-order valence-corrected chi connectivity index (χ4v) is 3.97. The Morgan fingerprint density at radius 3 is 2.87 bits per heavy atom. The molecule has 2 aliphatic rings. The average Bonchev–Trinajstić information content (AvgIpc) is 3.51. The van der Waals surface area contributed by atoms with Crippen LogP contribution >= 0.6 is 0 Å². The lowest BCUT2D eigenvalue weighted by Crippen LogP contribution is -2.33. The van der Waals surface area contributed by atoms with Gasteiger partial charge in [-0.1, -0.05) is 12.8 Å². The Balaban J connectivity index is 1.38. The van der Waals surface area contributed by atoms with Crippen LogP contribution in [0.3, 0.4) is 0 Å². The molecule has 1 aliphatic carbocycles. The molecule has 1 saturated carbocycles. The van der Waals surface area contributed by atoms with Gasteiger partial charge in [0.15, 0.2) is 11.5 Å². The van der Waals surface area contributed by atoms with Crippen molar-refractivity contribution in [2.45, 2.75) is 50.8 Å². The molecule has 1 aliphatic heterocycles. The summed E-state index contributed by atoms with van der Waals surface area (Å²) in [6.45, 7) is 2.03. The molecule has 2 fully saturated rings. The number of hydrogen-bond donors (Lipinski definition) is 1. The van der Waals surface area contributed by atoms with Crippen LogP contribution in [0.25, 0.3) is 11.3 Å². The molecule has 1 amide bonds. The van der Waals surface area contributed by atoms with Crippen molar-refractivity contribution in [3.8, 4) is 22.8 Å². The summed E-state index contributed by atoms with van der Waals surface area (Å²) in [4.78, 5) is 12.0. The highest BCUT2D eigenvalue weighted by atomic mass is 16.6. The van der Waals surface area contributed by atoms with Crippen molar-refractivity contribution < 1.29 is 23.7 Å². The predicted molar refractivity (Wildman–Crippen MR) is 111 cm³/mol. The largest absolute Gasteiger partial charge is 0.493 e. The van der Waals surface area contributed by atoms with Gasteiger partial charge in [0.1, 0.15) is 12.7 Å². The minimum atomic E-state index is -0.352. The molecule has 0 bridgehead atoms. The first-order valence-corrected chi connectivity index (χ1v) is 10.6. The number of carbonyl (C=O) groups excluding carboxylic acids is 1. The summed E-state index contributed by atoms with van der Waals surface area (Å²) in [5.74, 6) is 1.37. The van der Waals surface area contributed by atoms with Gasteiger partial charge < -0.3 is 24.3 Å². The number of amides is 1. The van der Waals surface area contributed by atoms with Crippen LogP contribution in [-0.2, 0) is 16.0 Å². The van der Waals surface area contributed by atoms with E-state index < -0.39 is 0 Å². The Labute approximate surface area is 176 Å². The molecular weight excluding hydrogens is 386 g/mol. The third-order valence-corrected chi connectivity index (χ3v) is 5.57. The van der Waals surface area contributed by atoms with E-state index in [9.17, 15) is 4.79 Å². The first-order chi connectivity index (χ1) is 14.7. The lowest BCUT2D eigenvalue weighted by molar-refractivity contribution is 0.137. The fourth-order valence-electron chi connectivity index (χ4n) is 3.97. The van der Waals surface area contributed by atoms with Gasteiger partial charge >= 0.3 is 6.09 Å². The molecule has 162 valence electrons. The van der Waals surface area contributed by atoms with Gasteiger partial charge in [0.05, 0.1) is 32.6 Å². The maximum atomic E-state index is 12.0. The number of nitrogens with one attached hydrogen (secondary N) is 1. The SMILES string of the molecule is COc1ccc(-c2ccnn2CCOC(=O)NC2CCCC2)cc1OC1CCOC1. The second-order valence-corrected chi connectivity index (χ2v) is 7.67. The zero-order valence-electron chi connectivity index (χ0n) is 17.3. The summed E-state index contributed by atoms with van der Waals surface area (Å²) in [7, 11) is 1.63. The van der Waals surface area contributed by atoms with Gasteiger partial charge in [-0.05, 0) is 37.1 Å². The van der Waals surface area contributed by atoms with Crippen LogP contribution in [0.1, 0.15) is 32.1 Å². The molecule has 0 radical (unpaired) electrons. The molecule has 1 saturated heterocycles. The normalized spacial score (nSPS) is 19.0. The van der Waals surface area contributed by atoms with Gasteiger partial charge in [-0.15, -0.1) is 0 Å². The summed E-state index contributed by atoms with van der Waals surface area (Å²) in [5.41, 5.74) is 1.88. The van der Waals surface area contributed by atoms with Crippen LogP contribution in [0.15, 0.2) is 30.5 Å². The topological polar surface area (TPSA) is 83.8 Å². The molecule has 8 nitrogen and oxygen atoms in total. The third kappa shape index (κ3) is 5.05. The van der Waals surface area contributed by atoms with Gasteiger partial charge in [0.25, 0.3) is 0 Å². The summed E-state index contributed by atoms with van der Waals surface area (Å²) in [6.07, 6.45) is 6.70. The minimum absolute atomic E-state index is 0.0332.